The Morgan fingerprint density at radius 2 is 1.90 bits per heavy atom. The summed E-state index contributed by atoms with van der Waals surface area (Å²) >= 11 is 0. The lowest BCUT2D eigenvalue weighted by Gasteiger charge is -2.09. The zero-order chi connectivity index (χ0) is 21.2. The number of non-ortho nitro benzene ring substituents is 1. The van der Waals surface area contributed by atoms with Gasteiger partial charge in [-0.3, -0.25) is 10.1 Å². The van der Waals surface area contributed by atoms with Crippen LogP contribution in [0.15, 0.2) is 59.6 Å². The van der Waals surface area contributed by atoms with Crippen LogP contribution in [0.25, 0.3) is 5.69 Å². The van der Waals surface area contributed by atoms with Gasteiger partial charge in [0.15, 0.2) is 0 Å². The van der Waals surface area contributed by atoms with E-state index in [-0.39, 0.29) is 22.2 Å². The van der Waals surface area contributed by atoms with E-state index in [1.165, 1.54) is 12.1 Å². The second-order valence-electron chi connectivity index (χ2n) is 6.85. The van der Waals surface area contributed by atoms with Gasteiger partial charge >= 0.3 is 0 Å². The highest BCUT2D eigenvalue weighted by molar-refractivity contribution is 7.89. The first-order chi connectivity index (χ1) is 13.6. The molecule has 0 spiro atoms. The van der Waals surface area contributed by atoms with Crippen molar-refractivity contribution in [3.63, 3.8) is 0 Å². The van der Waals surface area contributed by atoms with Crippen LogP contribution in [-0.2, 0) is 16.6 Å². The summed E-state index contributed by atoms with van der Waals surface area (Å²) in [7, 11) is -4.08. The summed E-state index contributed by atoms with van der Waals surface area (Å²) in [6.07, 6.45) is 1.88. The van der Waals surface area contributed by atoms with E-state index in [1.807, 2.05) is 50.4 Å². The average Bonchev–Trinajstić information content (AvgIpc) is 3.11. The van der Waals surface area contributed by atoms with Gasteiger partial charge in [-0.25, -0.2) is 18.2 Å². The molecule has 0 saturated heterocycles. The van der Waals surface area contributed by atoms with Crippen molar-refractivity contribution in [3.05, 3.63) is 76.1 Å². The molecule has 0 bridgehead atoms. The van der Waals surface area contributed by atoms with Crippen molar-refractivity contribution in [2.45, 2.75) is 31.2 Å². The molecule has 0 fully saturated rings. The van der Waals surface area contributed by atoms with E-state index in [9.17, 15) is 18.5 Å². The summed E-state index contributed by atoms with van der Waals surface area (Å²) in [5, 5.41) is 24.0. The third-order valence-electron chi connectivity index (χ3n) is 4.30. The van der Waals surface area contributed by atoms with E-state index in [1.54, 1.807) is 4.68 Å². The lowest BCUT2D eigenvalue weighted by atomic mass is 10.1. The molecular formula is C19H21N5O4S. The molecule has 0 radical (unpaired) electrons. The molecule has 3 N–H and O–H groups in total. The van der Waals surface area contributed by atoms with Gasteiger partial charge in [0.1, 0.15) is 0 Å². The number of nitrogens with two attached hydrogens (primary N) is 1. The first kappa shape index (κ1) is 20.5. The smallest absolute Gasteiger partial charge is 0.272 e. The molecule has 9 nitrogen and oxygen atoms in total. The first-order valence-electron chi connectivity index (χ1n) is 8.85. The minimum Gasteiger partial charge on any atom is -0.381 e. The summed E-state index contributed by atoms with van der Waals surface area (Å²) in [5.41, 5.74) is 2.60. The number of nitrogens with one attached hydrogen (secondary N) is 1. The molecule has 0 saturated carbocycles. The molecule has 3 aromatic rings. The zero-order valence-electron chi connectivity index (χ0n) is 15.9. The Balaban J connectivity index is 1.92. The minimum absolute atomic E-state index is 0.154. The van der Waals surface area contributed by atoms with Crippen LogP contribution in [0.2, 0.25) is 0 Å². The molecule has 1 heterocycles. The second kappa shape index (κ2) is 8.02. The highest BCUT2D eigenvalue weighted by Gasteiger charge is 2.18. The van der Waals surface area contributed by atoms with Crippen molar-refractivity contribution in [1.29, 1.82) is 0 Å². The monoisotopic (exact) mass is 415 g/mol. The lowest BCUT2D eigenvalue weighted by Crippen LogP contribution is -2.13. The fraction of sp³-hybridized carbons (Fsp3) is 0.211. The van der Waals surface area contributed by atoms with Gasteiger partial charge in [0.2, 0.25) is 10.0 Å². The van der Waals surface area contributed by atoms with Crippen LogP contribution >= 0.6 is 0 Å². The Morgan fingerprint density at radius 1 is 1.21 bits per heavy atom. The number of aromatic nitrogens is 2. The van der Waals surface area contributed by atoms with Gasteiger partial charge in [-0.1, -0.05) is 32.0 Å². The summed E-state index contributed by atoms with van der Waals surface area (Å²) in [6.45, 7) is 4.35. The van der Waals surface area contributed by atoms with E-state index in [2.05, 4.69) is 10.4 Å². The van der Waals surface area contributed by atoms with Crippen LogP contribution in [-0.4, -0.2) is 23.1 Å². The molecule has 0 aliphatic rings. The van der Waals surface area contributed by atoms with Crippen LogP contribution < -0.4 is 10.5 Å². The minimum atomic E-state index is -4.08. The number of nitro groups is 1. The standard InChI is InChI=1S/C19H21N5O4S/c1-13(2)19-14(12-23(22-19)16-6-4-3-5-7-16)11-21-15-8-17(24(25)26)10-18(9-15)29(20,27)28/h3-10,12-13,21H,11H2,1-2H3,(H2,20,27,28). The summed E-state index contributed by atoms with van der Waals surface area (Å²) in [4.78, 5) is 10.2. The predicted molar refractivity (Wildman–Crippen MR) is 109 cm³/mol. The Kier molecular flexibility index (Phi) is 5.66. The largest absolute Gasteiger partial charge is 0.381 e. The maximum Gasteiger partial charge on any atom is 0.272 e. The van der Waals surface area contributed by atoms with Crippen LogP contribution in [0.5, 0.6) is 0 Å². The van der Waals surface area contributed by atoms with Gasteiger partial charge in [-0.2, -0.15) is 5.10 Å². The van der Waals surface area contributed by atoms with Crippen molar-refractivity contribution in [2.24, 2.45) is 5.14 Å². The molecule has 2 aromatic carbocycles. The first-order valence-corrected chi connectivity index (χ1v) is 10.4. The Bertz CT molecular complexity index is 1140. The Morgan fingerprint density at radius 3 is 2.48 bits per heavy atom. The average molecular weight is 415 g/mol. The van der Waals surface area contributed by atoms with Crippen molar-refractivity contribution in [1.82, 2.24) is 9.78 Å². The van der Waals surface area contributed by atoms with Crippen molar-refractivity contribution in [2.75, 3.05) is 5.32 Å². The molecule has 0 unspecified atom stereocenters. The van der Waals surface area contributed by atoms with Gasteiger partial charge in [-0.15, -0.1) is 0 Å². The molecule has 0 aliphatic carbocycles. The van der Waals surface area contributed by atoms with Crippen LogP contribution in [0.3, 0.4) is 0 Å². The molecule has 152 valence electrons. The summed E-state index contributed by atoms with van der Waals surface area (Å²) in [5.74, 6) is 0.154. The maximum absolute atomic E-state index is 11.7. The van der Waals surface area contributed by atoms with Crippen molar-refractivity contribution in [3.8, 4) is 5.69 Å². The molecule has 3 rings (SSSR count). The van der Waals surface area contributed by atoms with Gasteiger partial charge in [0, 0.05) is 36.1 Å². The number of para-hydroxylation sites is 1. The van der Waals surface area contributed by atoms with Gasteiger partial charge in [0.05, 0.1) is 21.2 Å². The van der Waals surface area contributed by atoms with Crippen LogP contribution in [0, 0.1) is 10.1 Å². The Hall–Kier alpha value is -3.24. The van der Waals surface area contributed by atoms with E-state index in [0.29, 0.717) is 6.54 Å². The zero-order valence-corrected chi connectivity index (χ0v) is 16.8. The van der Waals surface area contributed by atoms with E-state index in [0.717, 1.165) is 23.0 Å². The number of nitro benzene ring substituents is 1. The topological polar surface area (TPSA) is 133 Å². The maximum atomic E-state index is 11.7. The second-order valence-corrected chi connectivity index (χ2v) is 8.41. The number of anilines is 1. The number of sulfonamides is 1. The van der Waals surface area contributed by atoms with Crippen molar-refractivity contribution >= 4 is 21.4 Å². The van der Waals surface area contributed by atoms with Crippen LogP contribution in [0.1, 0.15) is 31.0 Å². The van der Waals surface area contributed by atoms with E-state index in [4.69, 9.17) is 5.14 Å². The predicted octanol–water partition coefficient (Wildman–Crippen LogP) is 3.16. The molecule has 29 heavy (non-hydrogen) atoms. The van der Waals surface area contributed by atoms with Gasteiger partial charge in [-0.05, 0) is 24.1 Å². The van der Waals surface area contributed by atoms with Gasteiger partial charge < -0.3 is 5.32 Å². The molecular weight excluding hydrogens is 394 g/mol. The van der Waals surface area contributed by atoms with Crippen LogP contribution in [0.4, 0.5) is 11.4 Å². The molecule has 0 atom stereocenters. The third-order valence-corrected chi connectivity index (χ3v) is 5.20. The number of rotatable bonds is 7. The quantitative estimate of drug-likeness (QED) is 0.450. The number of hydrogen-bond donors (Lipinski definition) is 2. The highest BCUT2D eigenvalue weighted by atomic mass is 32.2. The third kappa shape index (κ3) is 4.79. The highest BCUT2D eigenvalue weighted by Crippen LogP contribution is 2.25. The fourth-order valence-electron chi connectivity index (χ4n) is 2.91. The number of benzene rings is 2. The summed E-state index contributed by atoms with van der Waals surface area (Å²) in [6, 6.07) is 13.1. The van der Waals surface area contributed by atoms with Gasteiger partial charge in [0.25, 0.3) is 5.69 Å². The number of nitrogens with zero attached hydrogens (tertiary/aromatic N) is 3. The molecule has 0 amide bonds. The lowest BCUT2D eigenvalue weighted by molar-refractivity contribution is -0.385. The molecule has 1 aromatic heterocycles. The fourth-order valence-corrected chi connectivity index (χ4v) is 3.49. The Labute approximate surface area is 168 Å². The summed E-state index contributed by atoms with van der Waals surface area (Å²) < 4.78 is 25.1. The van der Waals surface area contributed by atoms with E-state index >= 15 is 0 Å². The normalized spacial score (nSPS) is 11.6. The van der Waals surface area contributed by atoms with Crippen molar-refractivity contribution < 1.29 is 13.3 Å². The molecule has 0 aliphatic heterocycles. The number of hydrogen-bond acceptors (Lipinski definition) is 6. The number of primary sulfonamides is 1. The SMILES string of the molecule is CC(C)c1nn(-c2ccccc2)cc1CNc1cc([N+](=O)[O-])cc(S(N)(=O)=O)c1. The molecule has 10 heteroatoms. The van der Waals surface area contributed by atoms with E-state index < -0.39 is 14.9 Å².